The maximum Gasteiger partial charge on any atom is 0.257 e. The third-order valence-corrected chi connectivity index (χ3v) is 8.27. The molecule has 0 spiro atoms. The number of carbonyl (C=O) groups is 3. The minimum Gasteiger partial charge on any atom is -0.496 e. The van der Waals surface area contributed by atoms with Gasteiger partial charge in [0.05, 0.1) is 12.5 Å². The van der Waals surface area contributed by atoms with Crippen molar-refractivity contribution in [3.63, 3.8) is 0 Å². The fourth-order valence-corrected chi connectivity index (χ4v) is 5.74. The zero-order valence-corrected chi connectivity index (χ0v) is 25.5. The lowest BCUT2D eigenvalue weighted by atomic mass is 9.77. The van der Waals surface area contributed by atoms with Crippen LogP contribution in [0.25, 0.3) is 0 Å². The van der Waals surface area contributed by atoms with Gasteiger partial charge in [0, 0.05) is 45.3 Å². The predicted molar refractivity (Wildman–Crippen MR) is 164 cm³/mol. The van der Waals surface area contributed by atoms with E-state index in [1.807, 2.05) is 12.1 Å². The average Bonchev–Trinajstić information content (AvgIpc) is 3.48. The van der Waals surface area contributed by atoms with Crippen molar-refractivity contribution in [1.82, 2.24) is 21.3 Å². The number of carbonyl (C=O) groups excluding carboxylic acids is 3. The number of aryl methyl sites for hydroxylation is 2. The smallest absolute Gasteiger partial charge is 0.257 e. The molecule has 2 bridgehead atoms. The number of benzene rings is 2. The van der Waals surface area contributed by atoms with E-state index in [0.29, 0.717) is 57.7 Å². The zero-order chi connectivity index (χ0) is 30.5. The second kappa shape index (κ2) is 16.3. The first-order chi connectivity index (χ1) is 20.9. The molecular weight excluding hydrogens is 548 g/mol. The normalized spacial score (nSPS) is 20.3. The lowest BCUT2D eigenvalue weighted by molar-refractivity contribution is -0.133. The molecule has 2 aromatic rings. The Morgan fingerprint density at radius 1 is 0.930 bits per heavy atom. The largest absolute Gasteiger partial charge is 0.496 e. The summed E-state index contributed by atoms with van der Waals surface area (Å²) in [6.45, 7) is 2.76. The van der Waals surface area contributed by atoms with E-state index in [1.165, 1.54) is 11.1 Å². The maximum atomic E-state index is 14.1. The Morgan fingerprint density at radius 3 is 2.47 bits per heavy atom. The molecule has 5 rings (SSSR count). The number of ether oxygens (including phenoxy) is 3. The molecule has 4 N–H and O–H groups in total. The van der Waals surface area contributed by atoms with E-state index >= 15 is 0 Å². The van der Waals surface area contributed by atoms with Gasteiger partial charge in [-0.2, -0.15) is 0 Å². The molecular formula is C33H46N4O6. The van der Waals surface area contributed by atoms with Crippen molar-refractivity contribution in [3.8, 4) is 11.5 Å². The van der Waals surface area contributed by atoms with Crippen molar-refractivity contribution in [3.05, 3.63) is 58.7 Å². The Hall–Kier alpha value is -3.63. The number of amides is 3. The highest BCUT2D eigenvalue weighted by atomic mass is 16.5. The quantitative estimate of drug-likeness (QED) is 0.388. The van der Waals surface area contributed by atoms with Gasteiger partial charge < -0.3 is 35.5 Å². The third kappa shape index (κ3) is 9.43. The zero-order valence-electron chi connectivity index (χ0n) is 25.5. The number of fused-ring (bicyclic) bond motifs is 18. The summed E-state index contributed by atoms with van der Waals surface area (Å²) in [6, 6.07) is 11.6. The van der Waals surface area contributed by atoms with Crippen LogP contribution in [0.15, 0.2) is 36.4 Å². The van der Waals surface area contributed by atoms with E-state index in [1.54, 1.807) is 26.4 Å². The molecule has 0 radical (unpaired) electrons. The summed E-state index contributed by atoms with van der Waals surface area (Å²) in [5, 5.41) is 12.4. The fraction of sp³-hybridized carbons (Fsp3) is 0.545. The van der Waals surface area contributed by atoms with Crippen LogP contribution in [0.1, 0.15) is 54.4 Å². The van der Waals surface area contributed by atoms with E-state index in [-0.39, 0.29) is 30.9 Å². The number of hydrogen-bond donors (Lipinski definition) is 4. The molecule has 2 aliphatic heterocycles. The van der Waals surface area contributed by atoms with Crippen molar-refractivity contribution in [2.45, 2.75) is 57.9 Å². The lowest BCUT2D eigenvalue weighted by Gasteiger charge is -2.33. The third-order valence-electron chi connectivity index (χ3n) is 8.27. The molecule has 2 heterocycles. The monoisotopic (exact) mass is 594 g/mol. The molecule has 0 saturated heterocycles. The van der Waals surface area contributed by atoms with Gasteiger partial charge in [0.2, 0.25) is 11.8 Å². The Bertz CT molecular complexity index is 1230. The molecule has 1 unspecified atom stereocenters. The predicted octanol–water partition coefficient (Wildman–Crippen LogP) is 2.45. The van der Waals surface area contributed by atoms with Crippen molar-refractivity contribution in [2.75, 3.05) is 53.6 Å². The van der Waals surface area contributed by atoms with Gasteiger partial charge in [-0.25, -0.2) is 0 Å². The van der Waals surface area contributed by atoms with Crippen molar-refractivity contribution in [1.29, 1.82) is 0 Å². The van der Waals surface area contributed by atoms with Crippen molar-refractivity contribution >= 4 is 17.7 Å². The Balaban J connectivity index is 1.56. The molecule has 0 aromatic heterocycles. The molecule has 3 amide bonds. The summed E-state index contributed by atoms with van der Waals surface area (Å²) < 4.78 is 16.8. The molecule has 10 nitrogen and oxygen atoms in total. The first kappa shape index (κ1) is 32.3. The van der Waals surface area contributed by atoms with Gasteiger partial charge in [-0.15, -0.1) is 0 Å². The van der Waals surface area contributed by atoms with Crippen LogP contribution >= 0.6 is 0 Å². The Kier molecular flexibility index (Phi) is 12.2. The summed E-state index contributed by atoms with van der Waals surface area (Å²) in [5.41, 5.74) is 3.50. The fourth-order valence-electron chi connectivity index (χ4n) is 5.74. The van der Waals surface area contributed by atoms with E-state index in [2.05, 4.69) is 33.4 Å². The van der Waals surface area contributed by atoms with E-state index in [0.717, 1.165) is 49.1 Å². The molecule has 3 aliphatic rings. The molecule has 0 fully saturated rings. The summed E-state index contributed by atoms with van der Waals surface area (Å²) in [7, 11) is 3.27. The number of methoxy groups -OCH3 is 2. The Labute approximate surface area is 254 Å². The second-order valence-corrected chi connectivity index (χ2v) is 11.4. The summed E-state index contributed by atoms with van der Waals surface area (Å²) in [5.74, 6) is 0.911. The van der Waals surface area contributed by atoms with Crippen LogP contribution < -0.4 is 30.7 Å². The highest BCUT2D eigenvalue weighted by Gasteiger charge is 2.39. The summed E-state index contributed by atoms with van der Waals surface area (Å²) in [6.07, 6.45) is 5.80. The van der Waals surface area contributed by atoms with Crippen LogP contribution in [-0.4, -0.2) is 71.3 Å². The summed E-state index contributed by atoms with van der Waals surface area (Å²) >= 11 is 0. The van der Waals surface area contributed by atoms with Gasteiger partial charge in [-0.1, -0.05) is 18.2 Å². The van der Waals surface area contributed by atoms with Crippen LogP contribution in [0.2, 0.25) is 0 Å². The van der Waals surface area contributed by atoms with Crippen LogP contribution in [0.4, 0.5) is 0 Å². The second-order valence-electron chi connectivity index (χ2n) is 11.4. The number of nitrogens with one attached hydrogen (secondary N) is 4. The first-order valence-corrected chi connectivity index (χ1v) is 15.3. The van der Waals surface area contributed by atoms with Gasteiger partial charge in [-0.05, 0) is 92.9 Å². The van der Waals surface area contributed by atoms with Crippen LogP contribution in [0.5, 0.6) is 11.5 Å². The van der Waals surface area contributed by atoms with Crippen molar-refractivity contribution in [2.24, 2.45) is 5.41 Å². The lowest BCUT2D eigenvalue weighted by Crippen LogP contribution is -2.50. The van der Waals surface area contributed by atoms with Gasteiger partial charge >= 0.3 is 0 Å². The molecule has 0 saturated carbocycles. The topological polar surface area (TPSA) is 127 Å². The first-order valence-electron chi connectivity index (χ1n) is 15.3. The van der Waals surface area contributed by atoms with Crippen LogP contribution in [0.3, 0.4) is 0 Å². The SMILES string of the molecule is COCCC1(C(=O)NCc2cc3c(cc2OC)CCC3)CNC(=O)CCCNCCCNC(=O)COc2ccc(cc2)C1. The Morgan fingerprint density at radius 2 is 1.70 bits per heavy atom. The van der Waals surface area contributed by atoms with E-state index in [4.69, 9.17) is 14.2 Å². The highest BCUT2D eigenvalue weighted by Crippen LogP contribution is 2.32. The van der Waals surface area contributed by atoms with Gasteiger partial charge in [-0.3, -0.25) is 14.4 Å². The molecule has 1 aliphatic carbocycles. The van der Waals surface area contributed by atoms with Crippen LogP contribution in [-0.2, 0) is 44.9 Å². The van der Waals surface area contributed by atoms with Crippen LogP contribution in [0, 0.1) is 5.41 Å². The average molecular weight is 595 g/mol. The van der Waals surface area contributed by atoms with E-state index < -0.39 is 5.41 Å². The summed E-state index contributed by atoms with van der Waals surface area (Å²) in [4.78, 5) is 39.2. The minimum absolute atomic E-state index is 0.0643. The molecule has 43 heavy (non-hydrogen) atoms. The molecule has 234 valence electrons. The highest BCUT2D eigenvalue weighted by molar-refractivity contribution is 5.84. The molecule has 10 heteroatoms. The van der Waals surface area contributed by atoms with Crippen molar-refractivity contribution < 1.29 is 28.6 Å². The van der Waals surface area contributed by atoms with Gasteiger partial charge in [0.25, 0.3) is 5.91 Å². The number of rotatable bonds is 7. The molecule has 1 atom stereocenters. The standard InChI is InChI=1S/C33H46N4O6/c1-41-17-13-33(32(40)36-21-27-18-25-6-3-7-26(25)19-29(27)42-2)20-24-9-11-28(12-10-24)43-22-31(39)35-16-5-15-34-14-4-8-30(38)37-23-33/h9-12,18-19,34H,3-8,13-17,20-23H2,1-2H3,(H,35,39)(H,36,40)(H,37,38). The molecule has 2 aromatic carbocycles. The maximum absolute atomic E-state index is 14.1. The van der Waals surface area contributed by atoms with Gasteiger partial charge in [0.1, 0.15) is 11.5 Å². The minimum atomic E-state index is -0.961. The van der Waals surface area contributed by atoms with Gasteiger partial charge in [0.15, 0.2) is 6.61 Å². The number of hydrogen-bond acceptors (Lipinski definition) is 7. The van der Waals surface area contributed by atoms with E-state index in [9.17, 15) is 14.4 Å².